The first-order chi connectivity index (χ1) is 11.3. The van der Waals surface area contributed by atoms with Gasteiger partial charge in [-0.25, -0.2) is 0 Å². The number of ether oxygens (including phenoxy) is 1. The van der Waals surface area contributed by atoms with Gasteiger partial charge in [0.2, 0.25) is 0 Å². The number of hydrogen-bond donors (Lipinski definition) is 0. The highest BCUT2D eigenvalue weighted by molar-refractivity contribution is 5.92. The molecule has 0 aliphatic carbocycles. The first-order valence-corrected chi connectivity index (χ1v) is 7.96. The SMILES string of the molecule is CCOc1ccccc1N1CCN(C(=O)c2ccccn2)CC1. The van der Waals surface area contributed by atoms with E-state index in [2.05, 4.69) is 16.0 Å². The van der Waals surface area contributed by atoms with E-state index in [-0.39, 0.29) is 5.91 Å². The Hall–Kier alpha value is -2.56. The molecule has 0 radical (unpaired) electrons. The molecular formula is C18H21N3O2. The molecule has 0 spiro atoms. The summed E-state index contributed by atoms with van der Waals surface area (Å²) in [5, 5.41) is 0. The van der Waals surface area contributed by atoms with E-state index in [1.807, 2.05) is 42.2 Å². The summed E-state index contributed by atoms with van der Waals surface area (Å²) in [5.74, 6) is 0.905. The van der Waals surface area contributed by atoms with Crippen LogP contribution in [0.25, 0.3) is 0 Å². The fourth-order valence-electron chi connectivity index (χ4n) is 2.80. The Morgan fingerprint density at radius 2 is 1.83 bits per heavy atom. The number of benzene rings is 1. The number of pyridine rings is 1. The smallest absolute Gasteiger partial charge is 0.272 e. The minimum atomic E-state index is 0.00310. The standard InChI is InChI=1S/C18H21N3O2/c1-2-23-17-9-4-3-8-16(17)20-11-13-21(14-12-20)18(22)15-7-5-6-10-19-15/h3-10H,2,11-14H2,1H3. The van der Waals surface area contributed by atoms with Crippen molar-refractivity contribution >= 4 is 11.6 Å². The van der Waals surface area contributed by atoms with Gasteiger partial charge in [-0.3, -0.25) is 9.78 Å². The molecule has 0 unspecified atom stereocenters. The normalized spacial score (nSPS) is 14.7. The first-order valence-electron chi connectivity index (χ1n) is 7.96. The van der Waals surface area contributed by atoms with Crippen LogP contribution in [0.15, 0.2) is 48.7 Å². The van der Waals surface area contributed by atoms with Crippen LogP contribution in [0.2, 0.25) is 0 Å². The van der Waals surface area contributed by atoms with Gasteiger partial charge in [0.25, 0.3) is 5.91 Å². The van der Waals surface area contributed by atoms with Gasteiger partial charge < -0.3 is 14.5 Å². The molecule has 5 heteroatoms. The molecule has 120 valence electrons. The maximum Gasteiger partial charge on any atom is 0.272 e. The molecular weight excluding hydrogens is 290 g/mol. The van der Waals surface area contributed by atoms with Gasteiger partial charge in [0.1, 0.15) is 11.4 Å². The van der Waals surface area contributed by atoms with Crippen molar-refractivity contribution in [1.82, 2.24) is 9.88 Å². The highest BCUT2D eigenvalue weighted by Crippen LogP contribution is 2.28. The van der Waals surface area contributed by atoms with E-state index in [1.54, 1.807) is 12.3 Å². The van der Waals surface area contributed by atoms with Crippen LogP contribution in [0.3, 0.4) is 0 Å². The largest absolute Gasteiger partial charge is 0.492 e. The quantitative estimate of drug-likeness (QED) is 0.870. The van der Waals surface area contributed by atoms with E-state index < -0.39 is 0 Å². The maximum atomic E-state index is 12.4. The number of carbonyl (C=O) groups excluding carboxylic acids is 1. The molecule has 2 heterocycles. The van der Waals surface area contributed by atoms with Crippen LogP contribution < -0.4 is 9.64 Å². The molecule has 1 fully saturated rings. The molecule has 0 bridgehead atoms. The third kappa shape index (κ3) is 3.44. The van der Waals surface area contributed by atoms with E-state index in [9.17, 15) is 4.79 Å². The monoisotopic (exact) mass is 311 g/mol. The number of anilines is 1. The number of hydrogen-bond acceptors (Lipinski definition) is 4. The minimum Gasteiger partial charge on any atom is -0.492 e. The van der Waals surface area contributed by atoms with Crippen molar-refractivity contribution in [3.05, 3.63) is 54.4 Å². The van der Waals surface area contributed by atoms with Gasteiger partial charge in [0, 0.05) is 32.4 Å². The number of carbonyl (C=O) groups is 1. The van der Waals surface area contributed by atoms with Crippen molar-refractivity contribution in [2.45, 2.75) is 6.92 Å². The third-order valence-electron chi connectivity index (χ3n) is 3.96. The Morgan fingerprint density at radius 1 is 1.09 bits per heavy atom. The molecule has 0 atom stereocenters. The van der Waals surface area contributed by atoms with E-state index >= 15 is 0 Å². The van der Waals surface area contributed by atoms with Gasteiger partial charge in [-0.1, -0.05) is 18.2 Å². The van der Waals surface area contributed by atoms with E-state index in [4.69, 9.17) is 4.74 Å². The van der Waals surface area contributed by atoms with Crippen LogP contribution in [0, 0.1) is 0 Å². The van der Waals surface area contributed by atoms with Crippen LogP contribution in [0.5, 0.6) is 5.75 Å². The van der Waals surface area contributed by atoms with Gasteiger partial charge in [-0.05, 0) is 31.2 Å². The zero-order valence-electron chi connectivity index (χ0n) is 13.3. The lowest BCUT2D eigenvalue weighted by atomic mass is 10.2. The van der Waals surface area contributed by atoms with Crippen molar-refractivity contribution in [2.75, 3.05) is 37.7 Å². The highest BCUT2D eigenvalue weighted by Gasteiger charge is 2.24. The Bertz CT molecular complexity index is 652. The number of para-hydroxylation sites is 2. The molecule has 2 aromatic rings. The summed E-state index contributed by atoms with van der Waals surface area (Å²) in [5.41, 5.74) is 1.61. The second kappa shape index (κ2) is 7.13. The molecule has 5 nitrogen and oxygen atoms in total. The zero-order valence-corrected chi connectivity index (χ0v) is 13.3. The van der Waals surface area contributed by atoms with Crippen LogP contribution >= 0.6 is 0 Å². The van der Waals surface area contributed by atoms with Crippen LogP contribution in [-0.4, -0.2) is 48.6 Å². The lowest BCUT2D eigenvalue weighted by Gasteiger charge is -2.36. The van der Waals surface area contributed by atoms with Crippen LogP contribution in [-0.2, 0) is 0 Å². The van der Waals surface area contributed by atoms with Crippen molar-refractivity contribution in [1.29, 1.82) is 0 Å². The van der Waals surface area contributed by atoms with Gasteiger partial charge >= 0.3 is 0 Å². The summed E-state index contributed by atoms with van der Waals surface area (Å²) >= 11 is 0. The van der Waals surface area contributed by atoms with Crippen LogP contribution in [0.1, 0.15) is 17.4 Å². The van der Waals surface area contributed by atoms with E-state index in [0.717, 1.165) is 24.5 Å². The van der Waals surface area contributed by atoms with Crippen molar-refractivity contribution in [2.24, 2.45) is 0 Å². The number of aromatic nitrogens is 1. The summed E-state index contributed by atoms with van der Waals surface area (Å²) in [6.45, 7) is 5.60. The molecule has 23 heavy (non-hydrogen) atoms. The first kappa shape index (κ1) is 15.3. The number of nitrogens with zero attached hydrogens (tertiary/aromatic N) is 3. The summed E-state index contributed by atoms with van der Waals surface area (Å²) in [6, 6.07) is 13.5. The lowest BCUT2D eigenvalue weighted by Crippen LogP contribution is -2.49. The summed E-state index contributed by atoms with van der Waals surface area (Å²) < 4.78 is 5.70. The fourth-order valence-corrected chi connectivity index (χ4v) is 2.80. The molecule has 1 aliphatic heterocycles. The Labute approximate surface area is 136 Å². The molecule has 1 amide bonds. The molecule has 0 saturated carbocycles. The molecule has 1 saturated heterocycles. The molecule has 0 N–H and O–H groups in total. The Balaban J connectivity index is 1.66. The summed E-state index contributed by atoms with van der Waals surface area (Å²) in [4.78, 5) is 20.7. The van der Waals surface area contributed by atoms with Crippen molar-refractivity contribution in [3.8, 4) is 5.75 Å². The Kier molecular flexibility index (Phi) is 4.76. The summed E-state index contributed by atoms with van der Waals surface area (Å²) in [6.07, 6.45) is 1.65. The maximum absolute atomic E-state index is 12.4. The van der Waals surface area contributed by atoms with Gasteiger partial charge in [-0.15, -0.1) is 0 Å². The lowest BCUT2D eigenvalue weighted by molar-refractivity contribution is 0.0741. The number of piperazine rings is 1. The average Bonchev–Trinajstić information content (AvgIpc) is 2.63. The molecule has 1 aromatic heterocycles. The topological polar surface area (TPSA) is 45.7 Å². The minimum absolute atomic E-state index is 0.00310. The van der Waals surface area contributed by atoms with E-state index in [0.29, 0.717) is 25.4 Å². The molecule has 3 rings (SSSR count). The van der Waals surface area contributed by atoms with Gasteiger partial charge in [0.05, 0.1) is 12.3 Å². The van der Waals surface area contributed by atoms with Crippen molar-refractivity contribution in [3.63, 3.8) is 0 Å². The predicted molar refractivity (Wildman–Crippen MR) is 90.0 cm³/mol. The van der Waals surface area contributed by atoms with Gasteiger partial charge in [-0.2, -0.15) is 0 Å². The summed E-state index contributed by atoms with van der Waals surface area (Å²) in [7, 11) is 0. The second-order valence-electron chi connectivity index (χ2n) is 5.39. The molecule has 1 aromatic carbocycles. The third-order valence-corrected chi connectivity index (χ3v) is 3.96. The van der Waals surface area contributed by atoms with Crippen molar-refractivity contribution < 1.29 is 9.53 Å². The van der Waals surface area contributed by atoms with E-state index in [1.165, 1.54) is 0 Å². The zero-order chi connectivity index (χ0) is 16.1. The average molecular weight is 311 g/mol. The predicted octanol–water partition coefficient (Wildman–Crippen LogP) is 2.44. The van der Waals surface area contributed by atoms with Crippen LogP contribution in [0.4, 0.5) is 5.69 Å². The van der Waals surface area contributed by atoms with Gasteiger partial charge in [0.15, 0.2) is 0 Å². The number of amides is 1. The molecule has 1 aliphatic rings. The Morgan fingerprint density at radius 3 is 2.52 bits per heavy atom. The fraction of sp³-hybridized carbons (Fsp3) is 0.333. The highest BCUT2D eigenvalue weighted by atomic mass is 16.5. The number of rotatable bonds is 4. The second-order valence-corrected chi connectivity index (χ2v) is 5.39.